The fourth-order valence-corrected chi connectivity index (χ4v) is 4.15. The van der Waals surface area contributed by atoms with Crippen molar-refractivity contribution in [2.45, 2.75) is 83.4 Å². The van der Waals surface area contributed by atoms with Crippen LogP contribution in [0.15, 0.2) is 18.3 Å². The van der Waals surface area contributed by atoms with Crippen LogP contribution < -0.4 is 4.90 Å². The number of pyridine rings is 1. The van der Waals surface area contributed by atoms with Gasteiger partial charge in [-0.3, -0.25) is 9.80 Å². The lowest BCUT2D eigenvalue weighted by atomic mass is 9.94. The van der Waals surface area contributed by atoms with Gasteiger partial charge < -0.3 is 4.74 Å². The van der Waals surface area contributed by atoms with Crippen LogP contribution in [0, 0.1) is 0 Å². The molecule has 0 spiro atoms. The minimum absolute atomic E-state index is 0.186. The Morgan fingerprint density at radius 3 is 2.42 bits per heavy atom. The Balaban J connectivity index is 1.82. The summed E-state index contributed by atoms with van der Waals surface area (Å²) in [6, 6.07) is 4.77. The Morgan fingerprint density at radius 1 is 1.15 bits per heavy atom. The van der Waals surface area contributed by atoms with Crippen LogP contribution in [0.5, 0.6) is 0 Å². The average molecular weight is 360 g/mol. The Hall–Kier alpha value is -1.62. The molecular formula is C21H33N3O2. The predicted octanol–water partition coefficient (Wildman–Crippen LogP) is 4.92. The minimum Gasteiger partial charge on any atom is -0.443 e. The first-order chi connectivity index (χ1) is 12.3. The van der Waals surface area contributed by atoms with Gasteiger partial charge in [-0.2, -0.15) is 0 Å². The highest BCUT2D eigenvalue weighted by molar-refractivity contribution is 5.87. The number of likely N-dealkylation sites (tertiary alicyclic amines) is 1. The summed E-state index contributed by atoms with van der Waals surface area (Å²) in [6.07, 6.45) is 9.69. The van der Waals surface area contributed by atoms with E-state index >= 15 is 0 Å². The van der Waals surface area contributed by atoms with Gasteiger partial charge in [0.25, 0.3) is 0 Å². The zero-order valence-electron chi connectivity index (χ0n) is 16.7. The van der Waals surface area contributed by atoms with Crippen molar-refractivity contribution >= 4 is 11.9 Å². The molecule has 2 fully saturated rings. The van der Waals surface area contributed by atoms with Gasteiger partial charge in [-0.25, -0.2) is 9.78 Å². The summed E-state index contributed by atoms with van der Waals surface area (Å²) in [7, 11) is 2.17. The van der Waals surface area contributed by atoms with E-state index in [0.29, 0.717) is 6.04 Å². The van der Waals surface area contributed by atoms with Crippen LogP contribution in [0.25, 0.3) is 0 Å². The zero-order chi connectivity index (χ0) is 18.7. The maximum Gasteiger partial charge on any atom is 0.416 e. The lowest BCUT2D eigenvalue weighted by molar-refractivity contribution is 0.0556. The molecule has 26 heavy (non-hydrogen) atoms. The van der Waals surface area contributed by atoms with Crippen LogP contribution in [0.3, 0.4) is 0 Å². The molecule has 0 bridgehead atoms. The summed E-state index contributed by atoms with van der Waals surface area (Å²) in [5.74, 6) is 0.718. The lowest BCUT2D eigenvalue weighted by Crippen LogP contribution is -2.45. The molecule has 1 saturated heterocycles. The second kappa shape index (κ2) is 7.95. The molecule has 2 aliphatic rings. The Bertz CT molecular complexity index is 603. The largest absolute Gasteiger partial charge is 0.443 e. The smallest absolute Gasteiger partial charge is 0.416 e. The minimum atomic E-state index is -0.503. The van der Waals surface area contributed by atoms with Gasteiger partial charge >= 0.3 is 6.09 Å². The quantitative estimate of drug-likeness (QED) is 0.768. The molecule has 1 saturated carbocycles. The molecule has 0 aromatic carbocycles. The molecule has 1 amide bonds. The Morgan fingerprint density at radius 2 is 1.88 bits per heavy atom. The summed E-state index contributed by atoms with van der Waals surface area (Å²) in [6.45, 7) is 6.88. The van der Waals surface area contributed by atoms with Crippen LogP contribution in [-0.2, 0) is 4.74 Å². The predicted molar refractivity (Wildman–Crippen MR) is 104 cm³/mol. The first-order valence-electron chi connectivity index (χ1n) is 10.0. The van der Waals surface area contributed by atoms with Gasteiger partial charge in [0.1, 0.15) is 11.4 Å². The first-order valence-corrected chi connectivity index (χ1v) is 10.0. The summed E-state index contributed by atoms with van der Waals surface area (Å²) < 4.78 is 5.69. The summed E-state index contributed by atoms with van der Waals surface area (Å²) >= 11 is 0. The second-order valence-corrected chi connectivity index (χ2v) is 8.73. The van der Waals surface area contributed by atoms with Crippen molar-refractivity contribution in [1.29, 1.82) is 0 Å². The van der Waals surface area contributed by atoms with Crippen molar-refractivity contribution < 1.29 is 9.53 Å². The van der Waals surface area contributed by atoms with E-state index in [1.54, 1.807) is 4.90 Å². The Labute approximate surface area is 157 Å². The van der Waals surface area contributed by atoms with E-state index in [-0.39, 0.29) is 12.1 Å². The molecule has 1 unspecified atom stereocenters. The number of ether oxygens (including phenoxy) is 1. The number of anilines is 1. The van der Waals surface area contributed by atoms with Gasteiger partial charge in [0.15, 0.2) is 0 Å². The third-order valence-corrected chi connectivity index (χ3v) is 5.45. The molecular weight excluding hydrogens is 326 g/mol. The van der Waals surface area contributed by atoms with Crippen molar-refractivity contribution in [3.05, 3.63) is 23.9 Å². The fourth-order valence-electron chi connectivity index (χ4n) is 4.15. The third-order valence-electron chi connectivity index (χ3n) is 5.45. The van der Waals surface area contributed by atoms with Crippen molar-refractivity contribution in [3.8, 4) is 0 Å². The molecule has 1 aliphatic heterocycles. The van der Waals surface area contributed by atoms with Crippen LogP contribution in [0.1, 0.15) is 77.3 Å². The highest BCUT2D eigenvalue weighted by Crippen LogP contribution is 2.32. The van der Waals surface area contributed by atoms with Crippen LogP contribution in [0.2, 0.25) is 0 Å². The molecule has 1 aromatic rings. The van der Waals surface area contributed by atoms with E-state index in [0.717, 1.165) is 38.0 Å². The van der Waals surface area contributed by atoms with Gasteiger partial charge in [-0.05, 0) is 71.7 Å². The SMILES string of the molecule is CN1CCCC1c1ccc(N(C(=O)OC(C)(C)C)C2CCCCC2)nc1. The molecule has 5 heteroatoms. The van der Waals surface area contributed by atoms with Crippen molar-refractivity contribution in [1.82, 2.24) is 9.88 Å². The topological polar surface area (TPSA) is 45.7 Å². The van der Waals surface area contributed by atoms with Gasteiger partial charge in [0.2, 0.25) is 0 Å². The normalized spacial score (nSPS) is 22.4. The van der Waals surface area contributed by atoms with Gasteiger partial charge in [0.05, 0.1) is 0 Å². The maximum atomic E-state index is 12.9. The highest BCUT2D eigenvalue weighted by Gasteiger charge is 2.32. The maximum absolute atomic E-state index is 12.9. The average Bonchev–Trinajstić information content (AvgIpc) is 3.01. The van der Waals surface area contributed by atoms with Crippen LogP contribution >= 0.6 is 0 Å². The van der Waals surface area contributed by atoms with Gasteiger partial charge in [-0.1, -0.05) is 25.3 Å². The van der Waals surface area contributed by atoms with Gasteiger partial charge in [0, 0.05) is 18.3 Å². The van der Waals surface area contributed by atoms with E-state index in [1.807, 2.05) is 33.0 Å². The van der Waals surface area contributed by atoms with Crippen LogP contribution in [0.4, 0.5) is 10.6 Å². The Kier molecular flexibility index (Phi) is 5.86. The summed E-state index contributed by atoms with van der Waals surface area (Å²) in [5, 5.41) is 0. The van der Waals surface area contributed by atoms with Crippen LogP contribution in [-0.4, -0.2) is 41.2 Å². The molecule has 1 aliphatic carbocycles. The third kappa shape index (κ3) is 4.56. The van der Waals surface area contributed by atoms with E-state index in [4.69, 9.17) is 4.74 Å². The molecule has 5 nitrogen and oxygen atoms in total. The number of carbonyl (C=O) groups excluding carboxylic acids is 1. The molecule has 1 atom stereocenters. The summed E-state index contributed by atoms with van der Waals surface area (Å²) in [4.78, 5) is 21.8. The molecule has 144 valence electrons. The number of nitrogens with zero attached hydrogens (tertiary/aromatic N) is 3. The van der Waals surface area contributed by atoms with E-state index < -0.39 is 5.60 Å². The van der Waals surface area contributed by atoms with E-state index in [1.165, 1.54) is 24.8 Å². The van der Waals surface area contributed by atoms with Crippen molar-refractivity contribution in [3.63, 3.8) is 0 Å². The monoisotopic (exact) mass is 359 g/mol. The molecule has 2 heterocycles. The highest BCUT2D eigenvalue weighted by atomic mass is 16.6. The number of amides is 1. The lowest BCUT2D eigenvalue weighted by Gasteiger charge is -2.35. The van der Waals surface area contributed by atoms with Crippen molar-refractivity contribution in [2.24, 2.45) is 0 Å². The number of aromatic nitrogens is 1. The zero-order valence-corrected chi connectivity index (χ0v) is 16.7. The fraction of sp³-hybridized carbons (Fsp3) is 0.714. The first kappa shape index (κ1) is 19.2. The number of hydrogen-bond acceptors (Lipinski definition) is 4. The molecule has 0 N–H and O–H groups in total. The summed E-state index contributed by atoms with van der Waals surface area (Å²) in [5.41, 5.74) is 0.734. The van der Waals surface area contributed by atoms with E-state index in [9.17, 15) is 4.79 Å². The standard InChI is InChI=1S/C21H33N3O2/c1-21(2,3)26-20(25)24(17-9-6-5-7-10-17)19-13-12-16(15-22-19)18-11-8-14-23(18)4/h12-13,15,17-18H,5-11,14H2,1-4H3. The van der Waals surface area contributed by atoms with Crippen molar-refractivity contribution in [2.75, 3.05) is 18.5 Å². The van der Waals surface area contributed by atoms with E-state index in [2.05, 4.69) is 23.0 Å². The second-order valence-electron chi connectivity index (χ2n) is 8.73. The molecule has 0 radical (unpaired) electrons. The van der Waals surface area contributed by atoms with Gasteiger partial charge in [-0.15, -0.1) is 0 Å². The number of hydrogen-bond donors (Lipinski definition) is 0. The number of rotatable bonds is 3. The number of carbonyl (C=O) groups is 1. The molecule has 3 rings (SSSR count). The molecule has 1 aromatic heterocycles.